The van der Waals surface area contributed by atoms with Crippen molar-refractivity contribution < 1.29 is 33.2 Å². The molecule has 2 aliphatic heterocycles. The van der Waals surface area contributed by atoms with E-state index >= 15 is 0 Å². The van der Waals surface area contributed by atoms with Crippen LogP contribution in [0.5, 0.6) is 0 Å². The topological polar surface area (TPSA) is 187 Å². The number of thiazole rings is 1. The third-order valence-electron chi connectivity index (χ3n) is 7.52. The molecule has 3 aromatic rings. The quantitative estimate of drug-likeness (QED) is 0.340. The maximum Gasteiger partial charge on any atom is 0.327 e. The Bertz CT molecular complexity index is 1640. The molecule has 2 aliphatic rings. The van der Waals surface area contributed by atoms with Crippen molar-refractivity contribution >= 4 is 46.9 Å². The molecular formula is C30H34N8O7S. The van der Waals surface area contributed by atoms with Crippen molar-refractivity contribution in [1.82, 2.24) is 40.6 Å². The van der Waals surface area contributed by atoms with Gasteiger partial charge < -0.3 is 30.2 Å². The number of urea groups is 1. The number of carbonyl (C=O) groups excluding carboxylic acids is 6. The molecule has 1 saturated heterocycles. The lowest BCUT2D eigenvalue weighted by Crippen LogP contribution is -2.49. The fraction of sp³-hybridized carbons (Fsp3) is 0.400. The van der Waals surface area contributed by atoms with E-state index in [0.29, 0.717) is 11.4 Å². The third-order valence-corrected chi connectivity index (χ3v) is 8.45. The van der Waals surface area contributed by atoms with Gasteiger partial charge in [0.2, 0.25) is 17.7 Å². The number of imide groups is 1. The molecule has 5 rings (SSSR count). The molecule has 0 radical (unpaired) electrons. The molecule has 46 heavy (non-hydrogen) atoms. The first-order valence-corrected chi connectivity index (χ1v) is 15.5. The molecule has 0 unspecified atom stereocenters. The number of nitrogens with one attached hydrogen (secondary N) is 3. The van der Waals surface area contributed by atoms with Crippen LogP contribution in [0.25, 0.3) is 0 Å². The van der Waals surface area contributed by atoms with Gasteiger partial charge in [-0.05, 0) is 11.5 Å². The van der Waals surface area contributed by atoms with E-state index in [4.69, 9.17) is 4.42 Å². The fourth-order valence-electron chi connectivity index (χ4n) is 5.02. The van der Waals surface area contributed by atoms with Gasteiger partial charge in [0.1, 0.15) is 36.1 Å². The fourth-order valence-corrected chi connectivity index (χ4v) is 6.04. The molecule has 0 saturated carbocycles. The number of amides is 7. The zero-order chi connectivity index (χ0) is 33.0. The van der Waals surface area contributed by atoms with Crippen LogP contribution in [0.4, 0.5) is 4.79 Å². The van der Waals surface area contributed by atoms with E-state index in [1.165, 1.54) is 34.4 Å². The summed E-state index contributed by atoms with van der Waals surface area (Å²) in [5.41, 5.74) is 0.978. The maximum atomic E-state index is 13.4. The largest absolute Gasteiger partial charge is 0.446 e. The molecular weight excluding hydrogens is 616 g/mol. The Kier molecular flexibility index (Phi) is 9.75. The second-order valence-electron chi connectivity index (χ2n) is 11.3. The molecule has 4 heterocycles. The second kappa shape index (κ2) is 13.9. The highest BCUT2D eigenvalue weighted by Crippen LogP contribution is 2.26. The summed E-state index contributed by atoms with van der Waals surface area (Å²) in [6.45, 7) is 2.46. The smallest absolute Gasteiger partial charge is 0.327 e. The number of nitrogens with zero attached hydrogens (tertiary/aromatic N) is 5. The highest BCUT2D eigenvalue weighted by molar-refractivity contribution is 7.09. The zero-order valence-electron chi connectivity index (χ0n) is 25.5. The molecule has 1 aromatic carbocycles. The van der Waals surface area contributed by atoms with E-state index in [0.717, 1.165) is 10.5 Å². The minimum atomic E-state index is -0.732. The average molecular weight is 651 g/mol. The van der Waals surface area contributed by atoms with Crippen molar-refractivity contribution in [2.75, 3.05) is 39.8 Å². The van der Waals surface area contributed by atoms with Gasteiger partial charge in [0.15, 0.2) is 5.69 Å². The molecule has 15 nitrogen and oxygen atoms in total. The van der Waals surface area contributed by atoms with Gasteiger partial charge in [0.25, 0.3) is 17.7 Å². The first-order chi connectivity index (χ1) is 22.0. The van der Waals surface area contributed by atoms with Crippen LogP contribution in [0.15, 0.2) is 46.4 Å². The van der Waals surface area contributed by atoms with Crippen molar-refractivity contribution in [2.45, 2.75) is 32.4 Å². The van der Waals surface area contributed by atoms with E-state index in [9.17, 15) is 28.8 Å². The van der Waals surface area contributed by atoms with Gasteiger partial charge in [-0.1, -0.05) is 44.2 Å². The molecule has 1 fully saturated rings. The number of fused-ring (bicyclic) bond motifs is 4. The standard InChI is InChI=1S/C30H34N8O7S/c1-17(2)25-29-34-21(16-46-29)27(43)32-19(11-18-7-5-4-6-8-18)28-33-20(15-45-28)26(42)31-9-10-37(12-22(39)35-25)23(40)14-38-24(41)13-36(3)30(38)44/h4-8,15-17,19,25H,9-14H2,1-3H3,(H,31,42)(H,32,43)(H,35,39)/t19-,25-/m0/s1. The van der Waals surface area contributed by atoms with Crippen LogP contribution in [0.1, 0.15) is 63.4 Å². The highest BCUT2D eigenvalue weighted by atomic mass is 32.1. The van der Waals surface area contributed by atoms with Crippen LogP contribution in [0.3, 0.4) is 0 Å². The second-order valence-corrected chi connectivity index (χ2v) is 12.2. The Morgan fingerprint density at radius 2 is 1.78 bits per heavy atom. The summed E-state index contributed by atoms with van der Waals surface area (Å²) in [6, 6.07) is 7.47. The number of carbonyl (C=O) groups is 6. The lowest BCUT2D eigenvalue weighted by Gasteiger charge is -2.26. The molecule has 2 atom stereocenters. The molecule has 0 aliphatic carbocycles. The summed E-state index contributed by atoms with van der Waals surface area (Å²) >= 11 is 1.21. The number of oxazole rings is 1. The van der Waals surface area contributed by atoms with E-state index in [1.54, 1.807) is 5.38 Å². The van der Waals surface area contributed by atoms with Gasteiger partial charge in [0.05, 0.1) is 12.6 Å². The summed E-state index contributed by atoms with van der Waals surface area (Å²) in [4.78, 5) is 89.7. The number of likely N-dealkylation sites (N-methyl/N-ethyl adjacent to an activating group) is 1. The minimum absolute atomic E-state index is 0.0499. The van der Waals surface area contributed by atoms with Gasteiger partial charge in [-0.3, -0.25) is 28.9 Å². The van der Waals surface area contributed by atoms with Crippen molar-refractivity contribution in [3.63, 3.8) is 0 Å². The maximum absolute atomic E-state index is 13.4. The molecule has 4 bridgehead atoms. The van der Waals surface area contributed by atoms with Crippen LogP contribution in [0, 0.1) is 5.92 Å². The number of aromatic nitrogens is 2. The minimum Gasteiger partial charge on any atom is -0.446 e. The lowest BCUT2D eigenvalue weighted by molar-refractivity contribution is -0.139. The van der Waals surface area contributed by atoms with Gasteiger partial charge in [-0.25, -0.2) is 14.8 Å². The van der Waals surface area contributed by atoms with Crippen LogP contribution < -0.4 is 16.0 Å². The molecule has 242 valence electrons. The Balaban J connectivity index is 1.43. The summed E-state index contributed by atoms with van der Waals surface area (Å²) in [5.74, 6) is -2.82. The van der Waals surface area contributed by atoms with Crippen molar-refractivity contribution in [3.8, 4) is 0 Å². The van der Waals surface area contributed by atoms with E-state index in [2.05, 4.69) is 25.9 Å². The predicted molar refractivity (Wildman–Crippen MR) is 163 cm³/mol. The Morgan fingerprint density at radius 1 is 1.02 bits per heavy atom. The summed E-state index contributed by atoms with van der Waals surface area (Å²) in [6.07, 6.45) is 1.50. The number of hydrogen-bond donors (Lipinski definition) is 3. The SMILES string of the molecule is CC(C)[C@@H]1NC(=O)CN(C(=O)CN2C(=O)CN(C)C2=O)CCNC(=O)c2coc(n2)[C@H](Cc2ccccc2)NC(=O)c2csc1n2. The average Bonchev–Trinajstić information content (AvgIpc) is 3.76. The third kappa shape index (κ3) is 7.39. The lowest BCUT2D eigenvalue weighted by atomic mass is 10.0. The monoisotopic (exact) mass is 650 g/mol. The summed E-state index contributed by atoms with van der Waals surface area (Å²) in [7, 11) is 1.45. The van der Waals surface area contributed by atoms with Crippen molar-refractivity contribution in [1.29, 1.82) is 0 Å². The highest BCUT2D eigenvalue weighted by Gasteiger charge is 2.36. The van der Waals surface area contributed by atoms with E-state index in [1.807, 2.05) is 44.2 Å². The molecule has 0 spiro atoms. The molecule has 2 aromatic heterocycles. The Hall–Kier alpha value is -5.12. The van der Waals surface area contributed by atoms with E-state index < -0.39 is 60.7 Å². The molecule has 3 N–H and O–H groups in total. The molecule has 16 heteroatoms. The molecule has 7 amide bonds. The first kappa shape index (κ1) is 32.3. The van der Waals surface area contributed by atoms with E-state index in [-0.39, 0.29) is 42.8 Å². The predicted octanol–water partition coefficient (Wildman–Crippen LogP) is 1.12. The van der Waals surface area contributed by atoms with Crippen LogP contribution in [-0.2, 0) is 20.8 Å². The van der Waals surface area contributed by atoms with Crippen LogP contribution in [0.2, 0.25) is 0 Å². The van der Waals surface area contributed by atoms with Crippen LogP contribution >= 0.6 is 11.3 Å². The van der Waals surface area contributed by atoms with Crippen molar-refractivity contribution in [2.24, 2.45) is 5.92 Å². The van der Waals surface area contributed by atoms with Crippen molar-refractivity contribution in [3.05, 3.63) is 69.8 Å². The van der Waals surface area contributed by atoms with Gasteiger partial charge in [0, 0.05) is 31.9 Å². The van der Waals surface area contributed by atoms with Crippen LogP contribution in [-0.4, -0.2) is 100 Å². The Morgan fingerprint density at radius 3 is 2.48 bits per heavy atom. The summed E-state index contributed by atoms with van der Waals surface area (Å²) < 4.78 is 5.65. The normalized spacial score (nSPS) is 19.9. The van der Waals surface area contributed by atoms with Gasteiger partial charge in [-0.15, -0.1) is 11.3 Å². The number of hydrogen-bond acceptors (Lipinski definition) is 10. The summed E-state index contributed by atoms with van der Waals surface area (Å²) in [5, 5.41) is 10.6. The van der Waals surface area contributed by atoms with Gasteiger partial charge >= 0.3 is 6.03 Å². The zero-order valence-corrected chi connectivity index (χ0v) is 26.3. The number of benzene rings is 1. The Labute approximate surface area is 268 Å². The first-order valence-electron chi connectivity index (χ1n) is 14.7. The number of rotatable bonds is 5. The van der Waals surface area contributed by atoms with Gasteiger partial charge in [-0.2, -0.15) is 0 Å².